The maximum atomic E-state index is 4.85. The van der Waals surface area contributed by atoms with Crippen LogP contribution in [-0.4, -0.2) is 16.5 Å². The van der Waals surface area contributed by atoms with Crippen molar-refractivity contribution in [3.63, 3.8) is 0 Å². The molecule has 1 aromatic heterocycles. The number of nitrogens with one attached hydrogen (secondary N) is 1. The van der Waals surface area contributed by atoms with E-state index in [1.54, 1.807) is 0 Å². The third kappa shape index (κ3) is 3.46. The molecule has 3 nitrogen and oxygen atoms in total. The molecule has 0 spiro atoms. The molecule has 1 aliphatic rings. The molecule has 2 atom stereocenters. The summed E-state index contributed by atoms with van der Waals surface area (Å²) in [5.41, 5.74) is 1.22. The highest BCUT2D eigenvalue weighted by atomic mass is 15.0. The fourth-order valence-electron chi connectivity index (χ4n) is 2.75. The summed E-state index contributed by atoms with van der Waals surface area (Å²) in [5, 5.41) is 3.34. The van der Waals surface area contributed by atoms with Crippen molar-refractivity contribution in [2.45, 2.75) is 65.2 Å². The summed E-state index contributed by atoms with van der Waals surface area (Å²) in [6.07, 6.45) is 3.78. The Labute approximate surface area is 117 Å². The van der Waals surface area contributed by atoms with E-state index in [1.807, 2.05) is 0 Å². The third-order valence-corrected chi connectivity index (χ3v) is 3.93. The number of rotatable bonds is 3. The van der Waals surface area contributed by atoms with Gasteiger partial charge in [-0.05, 0) is 32.1 Å². The second-order valence-corrected chi connectivity index (χ2v) is 6.89. The van der Waals surface area contributed by atoms with Gasteiger partial charge in [0.1, 0.15) is 11.6 Å². The molecule has 1 N–H and O–H groups in total. The van der Waals surface area contributed by atoms with Gasteiger partial charge in [0, 0.05) is 23.9 Å². The van der Waals surface area contributed by atoms with Gasteiger partial charge >= 0.3 is 0 Å². The quantitative estimate of drug-likeness (QED) is 0.889. The molecule has 1 aromatic rings. The van der Waals surface area contributed by atoms with Gasteiger partial charge in [-0.1, -0.05) is 27.7 Å². The molecule has 0 saturated heterocycles. The minimum absolute atomic E-state index is 0.0755. The van der Waals surface area contributed by atoms with E-state index >= 15 is 0 Å². The van der Waals surface area contributed by atoms with Gasteiger partial charge in [-0.2, -0.15) is 0 Å². The molecule has 0 bridgehead atoms. The minimum atomic E-state index is 0.0755. The van der Waals surface area contributed by atoms with Crippen LogP contribution in [0.5, 0.6) is 0 Å². The van der Waals surface area contributed by atoms with E-state index < -0.39 is 0 Å². The zero-order valence-corrected chi connectivity index (χ0v) is 13.0. The van der Waals surface area contributed by atoms with E-state index in [0.717, 1.165) is 29.8 Å². The molecular formula is C16H27N3. The molecule has 1 fully saturated rings. The van der Waals surface area contributed by atoms with Crippen molar-refractivity contribution >= 4 is 5.82 Å². The molecule has 19 heavy (non-hydrogen) atoms. The van der Waals surface area contributed by atoms with Crippen molar-refractivity contribution in [3.05, 3.63) is 17.6 Å². The molecule has 0 amide bonds. The molecule has 2 unspecified atom stereocenters. The minimum Gasteiger partial charge on any atom is -0.370 e. The van der Waals surface area contributed by atoms with Gasteiger partial charge in [-0.3, -0.25) is 0 Å². The summed E-state index contributed by atoms with van der Waals surface area (Å²) in [5.74, 6) is 3.40. The number of anilines is 1. The van der Waals surface area contributed by atoms with Crippen molar-refractivity contribution < 1.29 is 0 Å². The summed E-state index contributed by atoms with van der Waals surface area (Å²) in [6.45, 7) is 12.0. The highest BCUT2D eigenvalue weighted by molar-refractivity contribution is 5.38. The lowest BCUT2D eigenvalue weighted by atomic mass is 9.91. The number of hydrogen-bond acceptors (Lipinski definition) is 3. The monoisotopic (exact) mass is 261 g/mol. The third-order valence-electron chi connectivity index (χ3n) is 3.93. The average Bonchev–Trinajstić information content (AvgIpc) is 2.75. The largest absolute Gasteiger partial charge is 0.370 e. The van der Waals surface area contributed by atoms with Crippen molar-refractivity contribution in [2.75, 3.05) is 11.9 Å². The van der Waals surface area contributed by atoms with E-state index in [9.17, 15) is 0 Å². The van der Waals surface area contributed by atoms with Gasteiger partial charge in [0.25, 0.3) is 0 Å². The van der Waals surface area contributed by atoms with Crippen LogP contribution in [0.1, 0.15) is 71.3 Å². The molecule has 2 rings (SSSR count). The van der Waals surface area contributed by atoms with Crippen molar-refractivity contribution in [1.29, 1.82) is 0 Å². The molecule has 0 aromatic carbocycles. The molecule has 1 heterocycles. The molecule has 0 radical (unpaired) electrons. The van der Waals surface area contributed by atoms with E-state index in [4.69, 9.17) is 9.97 Å². The Kier molecular flexibility index (Phi) is 4.12. The first-order valence-electron chi connectivity index (χ1n) is 7.53. The standard InChI is InChI=1S/C16H27N3/c1-6-17-14-10-13(16(3,4)5)18-15(19-14)12-8-7-11(2)9-12/h10-12H,6-9H2,1-5H3,(H,17,18,19). The van der Waals surface area contributed by atoms with Crippen LogP contribution in [0.2, 0.25) is 0 Å². The van der Waals surface area contributed by atoms with Crippen molar-refractivity contribution in [2.24, 2.45) is 5.92 Å². The molecule has 106 valence electrons. The maximum absolute atomic E-state index is 4.85. The summed E-state index contributed by atoms with van der Waals surface area (Å²) in [4.78, 5) is 9.58. The SMILES string of the molecule is CCNc1cc(C(C)(C)C)nc(C2CCC(C)C2)n1. The van der Waals surface area contributed by atoms with Gasteiger partial charge in [-0.25, -0.2) is 9.97 Å². The van der Waals surface area contributed by atoms with Gasteiger partial charge in [0.15, 0.2) is 0 Å². The predicted octanol–water partition coefficient (Wildman–Crippen LogP) is 4.11. The van der Waals surface area contributed by atoms with Gasteiger partial charge < -0.3 is 5.32 Å². The lowest BCUT2D eigenvalue weighted by molar-refractivity contribution is 0.546. The summed E-state index contributed by atoms with van der Waals surface area (Å²) in [6, 6.07) is 2.10. The van der Waals surface area contributed by atoms with Crippen LogP contribution in [0.15, 0.2) is 6.07 Å². The Bertz CT molecular complexity index is 434. The van der Waals surface area contributed by atoms with Gasteiger partial charge in [-0.15, -0.1) is 0 Å². The number of aromatic nitrogens is 2. The topological polar surface area (TPSA) is 37.8 Å². The van der Waals surface area contributed by atoms with Crippen LogP contribution in [-0.2, 0) is 5.41 Å². The summed E-state index contributed by atoms with van der Waals surface area (Å²) < 4.78 is 0. The van der Waals surface area contributed by atoms with Crippen molar-refractivity contribution in [1.82, 2.24) is 9.97 Å². The van der Waals surface area contributed by atoms with Crippen LogP contribution in [0, 0.1) is 5.92 Å². The molecular weight excluding hydrogens is 234 g/mol. The predicted molar refractivity (Wildman–Crippen MR) is 80.7 cm³/mol. The van der Waals surface area contributed by atoms with Crippen LogP contribution in [0.25, 0.3) is 0 Å². The highest BCUT2D eigenvalue weighted by Crippen LogP contribution is 2.37. The highest BCUT2D eigenvalue weighted by Gasteiger charge is 2.27. The average molecular weight is 261 g/mol. The molecule has 3 heteroatoms. The van der Waals surface area contributed by atoms with Crippen LogP contribution < -0.4 is 5.32 Å². The zero-order chi connectivity index (χ0) is 14.0. The van der Waals surface area contributed by atoms with Gasteiger partial charge in [0.05, 0.1) is 5.69 Å². The lowest BCUT2D eigenvalue weighted by Crippen LogP contribution is -2.17. The second-order valence-electron chi connectivity index (χ2n) is 6.89. The maximum Gasteiger partial charge on any atom is 0.134 e. The van der Waals surface area contributed by atoms with Crippen LogP contribution in [0.3, 0.4) is 0 Å². The lowest BCUT2D eigenvalue weighted by Gasteiger charge is -2.21. The Balaban J connectivity index is 2.34. The fourth-order valence-corrected chi connectivity index (χ4v) is 2.75. The first-order valence-corrected chi connectivity index (χ1v) is 7.53. The van der Waals surface area contributed by atoms with Gasteiger partial charge in [0.2, 0.25) is 0 Å². The van der Waals surface area contributed by atoms with Crippen LogP contribution >= 0.6 is 0 Å². The number of hydrogen-bond donors (Lipinski definition) is 1. The van der Waals surface area contributed by atoms with E-state index in [0.29, 0.717) is 5.92 Å². The Morgan fingerprint density at radius 3 is 2.53 bits per heavy atom. The Hall–Kier alpha value is -1.12. The zero-order valence-electron chi connectivity index (χ0n) is 13.0. The Morgan fingerprint density at radius 1 is 1.26 bits per heavy atom. The van der Waals surface area contributed by atoms with E-state index in [1.165, 1.54) is 19.3 Å². The fraction of sp³-hybridized carbons (Fsp3) is 0.750. The smallest absolute Gasteiger partial charge is 0.134 e. The first-order chi connectivity index (χ1) is 8.90. The normalized spacial score (nSPS) is 23.6. The molecule has 1 saturated carbocycles. The van der Waals surface area contributed by atoms with Crippen LogP contribution in [0.4, 0.5) is 5.82 Å². The molecule has 1 aliphatic carbocycles. The van der Waals surface area contributed by atoms with E-state index in [-0.39, 0.29) is 5.41 Å². The van der Waals surface area contributed by atoms with Crippen molar-refractivity contribution in [3.8, 4) is 0 Å². The number of nitrogens with zero attached hydrogens (tertiary/aromatic N) is 2. The first kappa shape index (κ1) is 14.3. The molecule has 0 aliphatic heterocycles. The van der Waals surface area contributed by atoms with E-state index in [2.05, 4.69) is 46.0 Å². The second kappa shape index (κ2) is 5.48. The summed E-state index contributed by atoms with van der Waals surface area (Å²) >= 11 is 0. The Morgan fingerprint density at radius 2 is 2.00 bits per heavy atom. The summed E-state index contributed by atoms with van der Waals surface area (Å²) in [7, 11) is 0.